The van der Waals surface area contributed by atoms with Gasteiger partial charge in [0.15, 0.2) is 5.76 Å². The van der Waals surface area contributed by atoms with Crippen molar-refractivity contribution in [2.24, 2.45) is 0 Å². The highest BCUT2D eigenvalue weighted by Crippen LogP contribution is 2.19. The molecule has 7 nitrogen and oxygen atoms in total. The van der Waals surface area contributed by atoms with Gasteiger partial charge in [-0.3, -0.25) is 4.79 Å². The monoisotopic (exact) mass is 364 g/mol. The number of ether oxygens (including phenoxy) is 1. The van der Waals surface area contributed by atoms with E-state index in [4.69, 9.17) is 9.15 Å². The number of carbonyl (C=O) groups excluding carboxylic acids is 1. The fraction of sp³-hybridized carbons (Fsp3) is 0.353. The molecule has 0 spiro atoms. The van der Waals surface area contributed by atoms with E-state index in [9.17, 15) is 13.2 Å². The molecule has 0 saturated carbocycles. The molecule has 2 aromatic rings. The van der Waals surface area contributed by atoms with E-state index >= 15 is 0 Å². The molecule has 1 N–H and O–H groups in total. The van der Waals surface area contributed by atoms with E-state index in [2.05, 4.69) is 5.32 Å². The molecule has 1 aromatic carbocycles. The lowest BCUT2D eigenvalue weighted by Crippen LogP contribution is -2.40. The van der Waals surface area contributed by atoms with E-state index in [1.807, 2.05) is 30.3 Å². The third-order valence-electron chi connectivity index (χ3n) is 3.91. The quantitative estimate of drug-likeness (QED) is 0.834. The number of morpholine rings is 1. The molecule has 0 unspecified atom stereocenters. The molecule has 1 aliphatic rings. The number of benzene rings is 1. The van der Waals surface area contributed by atoms with Crippen LogP contribution in [0.25, 0.3) is 0 Å². The number of sulfonamides is 1. The van der Waals surface area contributed by atoms with Gasteiger partial charge in [-0.1, -0.05) is 30.3 Å². The Hall–Kier alpha value is -2.16. The molecule has 1 saturated heterocycles. The zero-order chi connectivity index (χ0) is 17.7. The lowest BCUT2D eigenvalue weighted by atomic mass is 10.1. The Morgan fingerprint density at radius 2 is 1.80 bits per heavy atom. The van der Waals surface area contributed by atoms with Crippen molar-refractivity contribution < 1.29 is 22.4 Å². The Balaban J connectivity index is 1.59. The van der Waals surface area contributed by atoms with Crippen LogP contribution in [0.1, 0.15) is 16.1 Å². The third kappa shape index (κ3) is 4.28. The molecular formula is C17H20N2O5S. The van der Waals surface area contributed by atoms with E-state index in [0.717, 1.165) is 5.56 Å². The minimum Gasteiger partial charge on any atom is -0.438 e. The van der Waals surface area contributed by atoms with Crippen LogP contribution in [0, 0.1) is 0 Å². The van der Waals surface area contributed by atoms with Crippen LogP contribution >= 0.6 is 0 Å². The average Bonchev–Trinajstić information content (AvgIpc) is 3.14. The van der Waals surface area contributed by atoms with Gasteiger partial charge in [0, 0.05) is 19.6 Å². The lowest BCUT2D eigenvalue weighted by Gasteiger charge is -2.24. The van der Waals surface area contributed by atoms with Gasteiger partial charge in [0.1, 0.15) is 0 Å². The number of nitrogens with zero attached hydrogens (tertiary/aromatic N) is 1. The number of carbonyl (C=O) groups is 1. The minimum atomic E-state index is -3.73. The summed E-state index contributed by atoms with van der Waals surface area (Å²) >= 11 is 0. The standard InChI is InChI=1S/C17H20N2O5S/c20-17(18-9-8-14-4-2-1-3-5-14)15-6-7-16(24-15)25(21,22)19-10-12-23-13-11-19/h1-7H,8-13H2,(H,18,20). The summed E-state index contributed by atoms with van der Waals surface area (Å²) in [5, 5.41) is 2.51. The van der Waals surface area contributed by atoms with Crippen molar-refractivity contribution in [3.63, 3.8) is 0 Å². The van der Waals surface area contributed by atoms with Crippen LogP contribution in [0.3, 0.4) is 0 Å². The van der Waals surface area contributed by atoms with Crippen molar-refractivity contribution in [1.82, 2.24) is 9.62 Å². The van der Waals surface area contributed by atoms with Gasteiger partial charge in [0.25, 0.3) is 15.9 Å². The zero-order valence-electron chi connectivity index (χ0n) is 13.7. The summed E-state index contributed by atoms with van der Waals surface area (Å²) in [4.78, 5) is 12.1. The van der Waals surface area contributed by atoms with Gasteiger partial charge in [-0.05, 0) is 24.1 Å². The smallest absolute Gasteiger partial charge is 0.287 e. The van der Waals surface area contributed by atoms with Crippen LogP contribution in [0.15, 0.2) is 52.0 Å². The third-order valence-corrected chi connectivity index (χ3v) is 5.68. The van der Waals surface area contributed by atoms with Crippen LogP contribution in [0.2, 0.25) is 0 Å². The van der Waals surface area contributed by atoms with Crippen LogP contribution in [0.5, 0.6) is 0 Å². The van der Waals surface area contributed by atoms with Gasteiger partial charge in [0.2, 0.25) is 5.09 Å². The Bertz CT molecular complexity index is 811. The van der Waals surface area contributed by atoms with Gasteiger partial charge < -0.3 is 14.5 Å². The van der Waals surface area contributed by atoms with E-state index in [0.29, 0.717) is 26.2 Å². The second kappa shape index (κ2) is 7.81. The highest BCUT2D eigenvalue weighted by atomic mass is 32.2. The highest BCUT2D eigenvalue weighted by molar-refractivity contribution is 7.89. The molecule has 25 heavy (non-hydrogen) atoms. The van der Waals surface area contributed by atoms with Crippen molar-refractivity contribution in [3.05, 3.63) is 53.8 Å². The van der Waals surface area contributed by atoms with E-state index in [1.165, 1.54) is 16.4 Å². The fourth-order valence-corrected chi connectivity index (χ4v) is 3.87. The molecule has 134 valence electrons. The fourth-order valence-electron chi connectivity index (χ4n) is 2.55. The maximum atomic E-state index is 12.5. The van der Waals surface area contributed by atoms with Gasteiger partial charge in [-0.15, -0.1) is 0 Å². The first-order valence-corrected chi connectivity index (χ1v) is 9.51. The molecule has 0 aliphatic carbocycles. The maximum Gasteiger partial charge on any atom is 0.287 e. The Morgan fingerprint density at radius 3 is 2.52 bits per heavy atom. The molecule has 2 heterocycles. The normalized spacial score (nSPS) is 15.8. The van der Waals surface area contributed by atoms with Crippen LogP contribution < -0.4 is 5.32 Å². The minimum absolute atomic E-state index is 0.0140. The average molecular weight is 364 g/mol. The summed E-state index contributed by atoms with van der Waals surface area (Å²) in [6.45, 7) is 1.71. The Labute approximate surface area is 146 Å². The Morgan fingerprint density at radius 1 is 1.08 bits per heavy atom. The molecule has 0 bridgehead atoms. The van der Waals surface area contributed by atoms with Gasteiger partial charge in [-0.25, -0.2) is 8.42 Å². The predicted octanol–water partition coefficient (Wildman–Crippen LogP) is 1.27. The van der Waals surface area contributed by atoms with Crippen molar-refractivity contribution in [2.75, 3.05) is 32.8 Å². The van der Waals surface area contributed by atoms with Crippen molar-refractivity contribution in [3.8, 4) is 0 Å². The molecule has 3 rings (SSSR count). The van der Waals surface area contributed by atoms with Crippen LogP contribution in [0.4, 0.5) is 0 Å². The number of nitrogens with one attached hydrogen (secondary N) is 1. The number of amides is 1. The highest BCUT2D eigenvalue weighted by Gasteiger charge is 2.29. The second-order valence-electron chi connectivity index (χ2n) is 5.63. The molecule has 1 aliphatic heterocycles. The van der Waals surface area contributed by atoms with E-state index in [-0.39, 0.29) is 23.9 Å². The first-order chi connectivity index (χ1) is 12.1. The molecular weight excluding hydrogens is 344 g/mol. The van der Waals surface area contributed by atoms with Crippen molar-refractivity contribution >= 4 is 15.9 Å². The number of rotatable bonds is 6. The largest absolute Gasteiger partial charge is 0.438 e. The zero-order valence-corrected chi connectivity index (χ0v) is 14.5. The first-order valence-electron chi connectivity index (χ1n) is 8.07. The number of hydrogen-bond acceptors (Lipinski definition) is 5. The summed E-state index contributed by atoms with van der Waals surface area (Å²) in [5.74, 6) is -0.445. The molecule has 1 fully saturated rings. The molecule has 0 atom stereocenters. The second-order valence-corrected chi connectivity index (χ2v) is 7.50. The van der Waals surface area contributed by atoms with Crippen LogP contribution in [-0.4, -0.2) is 51.5 Å². The lowest BCUT2D eigenvalue weighted by molar-refractivity contribution is 0.0722. The Kier molecular flexibility index (Phi) is 5.52. The molecule has 0 radical (unpaired) electrons. The van der Waals surface area contributed by atoms with Gasteiger partial charge in [-0.2, -0.15) is 4.31 Å². The molecule has 1 aromatic heterocycles. The molecule has 8 heteroatoms. The summed E-state index contributed by atoms with van der Waals surface area (Å²) in [6.07, 6.45) is 0.687. The topological polar surface area (TPSA) is 88.9 Å². The van der Waals surface area contributed by atoms with E-state index < -0.39 is 15.9 Å². The van der Waals surface area contributed by atoms with Gasteiger partial charge >= 0.3 is 0 Å². The van der Waals surface area contributed by atoms with Crippen molar-refractivity contribution in [1.29, 1.82) is 0 Å². The van der Waals surface area contributed by atoms with Crippen molar-refractivity contribution in [2.45, 2.75) is 11.5 Å². The molecule has 1 amide bonds. The SMILES string of the molecule is O=C(NCCc1ccccc1)c1ccc(S(=O)(=O)N2CCOCC2)o1. The number of furan rings is 1. The van der Waals surface area contributed by atoms with Gasteiger partial charge in [0.05, 0.1) is 13.2 Å². The summed E-state index contributed by atoms with van der Waals surface area (Å²) in [5.41, 5.74) is 1.11. The summed E-state index contributed by atoms with van der Waals surface area (Å²) in [7, 11) is -3.73. The first kappa shape index (κ1) is 17.7. The summed E-state index contributed by atoms with van der Waals surface area (Å²) < 4.78 is 36.7. The van der Waals surface area contributed by atoms with E-state index in [1.54, 1.807) is 0 Å². The maximum absolute atomic E-state index is 12.5. The number of hydrogen-bond donors (Lipinski definition) is 1. The summed E-state index contributed by atoms with van der Waals surface area (Å²) in [6, 6.07) is 12.5. The van der Waals surface area contributed by atoms with Crippen LogP contribution in [-0.2, 0) is 21.2 Å². The predicted molar refractivity (Wildman–Crippen MR) is 90.8 cm³/mol.